The van der Waals surface area contributed by atoms with Crippen molar-refractivity contribution >= 4 is 11.9 Å². The topological polar surface area (TPSA) is 56.1 Å². The summed E-state index contributed by atoms with van der Waals surface area (Å²) in [6.07, 6.45) is 1.30. The maximum absolute atomic E-state index is 10.8. The molecule has 1 aromatic heterocycles. The molecule has 1 heterocycles. The van der Waals surface area contributed by atoms with Crippen molar-refractivity contribution in [2.75, 3.05) is 12.4 Å². The molecule has 0 aromatic carbocycles. The minimum absolute atomic E-state index is 0.285. The molecule has 1 rings (SSSR count). The van der Waals surface area contributed by atoms with Crippen molar-refractivity contribution in [3.8, 4) is 0 Å². The number of methoxy groups -OCH3 is 1. The molecule has 0 atom stereocenters. The van der Waals surface area contributed by atoms with Crippen LogP contribution in [0.5, 0.6) is 0 Å². The molecule has 5 nitrogen and oxygen atoms in total. The maximum Gasteiger partial charge on any atom is 0.412 e. The van der Waals surface area contributed by atoms with Crippen LogP contribution in [0.15, 0.2) is 12.3 Å². The Balaban J connectivity index is 2.64. The standard InChI is InChI=1S/C8H13N3O2/c1-6(2)11-5-4-7(10-11)9-8(12)13-3/h4-6H,1-3H3,(H,9,10,12). The van der Waals surface area contributed by atoms with E-state index in [0.29, 0.717) is 5.82 Å². The van der Waals surface area contributed by atoms with Crippen molar-refractivity contribution in [2.45, 2.75) is 19.9 Å². The lowest BCUT2D eigenvalue weighted by Gasteiger charge is -2.03. The predicted octanol–water partition coefficient (Wildman–Crippen LogP) is 1.64. The van der Waals surface area contributed by atoms with Gasteiger partial charge in [-0.2, -0.15) is 5.10 Å². The quantitative estimate of drug-likeness (QED) is 0.758. The first-order valence-electron chi connectivity index (χ1n) is 4.03. The smallest absolute Gasteiger partial charge is 0.412 e. The van der Waals surface area contributed by atoms with Gasteiger partial charge in [0.2, 0.25) is 0 Å². The third-order valence-electron chi connectivity index (χ3n) is 1.55. The summed E-state index contributed by atoms with van der Waals surface area (Å²) in [6, 6.07) is 2.00. The number of aromatic nitrogens is 2. The summed E-state index contributed by atoms with van der Waals surface area (Å²) in [4.78, 5) is 10.8. The lowest BCUT2D eigenvalue weighted by molar-refractivity contribution is 0.187. The maximum atomic E-state index is 10.8. The summed E-state index contributed by atoms with van der Waals surface area (Å²) in [5.74, 6) is 0.501. The average Bonchev–Trinajstić information content (AvgIpc) is 2.52. The lowest BCUT2D eigenvalue weighted by Crippen LogP contribution is -2.12. The van der Waals surface area contributed by atoms with Gasteiger partial charge in [-0.25, -0.2) is 4.79 Å². The highest BCUT2D eigenvalue weighted by atomic mass is 16.5. The monoisotopic (exact) mass is 183 g/mol. The molecule has 0 unspecified atom stereocenters. The Bertz CT molecular complexity index is 293. The number of nitrogens with one attached hydrogen (secondary N) is 1. The van der Waals surface area contributed by atoms with Crippen molar-refractivity contribution in [1.29, 1.82) is 0 Å². The van der Waals surface area contributed by atoms with E-state index in [1.54, 1.807) is 16.9 Å². The van der Waals surface area contributed by atoms with Crippen LogP contribution >= 0.6 is 0 Å². The Morgan fingerprint density at radius 3 is 2.85 bits per heavy atom. The number of carbonyl (C=O) groups excluding carboxylic acids is 1. The van der Waals surface area contributed by atoms with Gasteiger partial charge in [-0.15, -0.1) is 0 Å². The summed E-state index contributed by atoms with van der Waals surface area (Å²) in [5.41, 5.74) is 0. The number of rotatable bonds is 2. The van der Waals surface area contributed by atoms with Crippen LogP contribution in [0.3, 0.4) is 0 Å². The minimum atomic E-state index is -0.506. The molecule has 72 valence electrons. The zero-order valence-corrected chi connectivity index (χ0v) is 7.94. The molecule has 5 heteroatoms. The molecule has 0 aliphatic heterocycles. The second-order valence-corrected chi connectivity index (χ2v) is 2.89. The van der Waals surface area contributed by atoms with Crippen LogP contribution in [0.1, 0.15) is 19.9 Å². The van der Waals surface area contributed by atoms with E-state index in [1.807, 2.05) is 13.8 Å². The van der Waals surface area contributed by atoms with E-state index in [2.05, 4.69) is 15.2 Å². The fourth-order valence-electron chi connectivity index (χ4n) is 0.848. The zero-order chi connectivity index (χ0) is 9.84. The first-order chi connectivity index (χ1) is 6.13. The highest BCUT2D eigenvalue weighted by Gasteiger charge is 2.04. The number of nitrogens with zero attached hydrogens (tertiary/aromatic N) is 2. The van der Waals surface area contributed by atoms with Gasteiger partial charge in [0.25, 0.3) is 0 Å². The number of carbonyl (C=O) groups is 1. The second-order valence-electron chi connectivity index (χ2n) is 2.89. The Hall–Kier alpha value is -1.52. The Kier molecular flexibility index (Phi) is 2.89. The van der Waals surface area contributed by atoms with Crippen molar-refractivity contribution in [3.63, 3.8) is 0 Å². The molecule has 0 aliphatic carbocycles. The molecule has 1 N–H and O–H groups in total. The van der Waals surface area contributed by atoms with E-state index in [9.17, 15) is 4.79 Å². The van der Waals surface area contributed by atoms with Crippen molar-refractivity contribution in [2.24, 2.45) is 0 Å². The molecule has 1 aromatic rings. The van der Waals surface area contributed by atoms with E-state index in [-0.39, 0.29) is 6.04 Å². The van der Waals surface area contributed by atoms with Gasteiger partial charge in [-0.1, -0.05) is 0 Å². The van der Waals surface area contributed by atoms with E-state index in [4.69, 9.17) is 0 Å². The van der Waals surface area contributed by atoms with Gasteiger partial charge in [0.1, 0.15) is 0 Å². The lowest BCUT2D eigenvalue weighted by atomic mass is 10.4. The molecule has 0 spiro atoms. The molecule has 0 fully saturated rings. The first-order valence-corrected chi connectivity index (χ1v) is 4.03. The van der Waals surface area contributed by atoms with E-state index in [0.717, 1.165) is 0 Å². The summed E-state index contributed by atoms with van der Waals surface area (Å²) in [7, 11) is 1.31. The largest absolute Gasteiger partial charge is 0.453 e. The van der Waals surface area contributed by atoms with E-state index < -0.39 is 6.09 Å². The molecular formula is C8H13N3O2. The molecular weight excluding hydrogens is 170 g/mol. The summed E-state index contributed by atoms with van der Waals surface area (Å²) >= 11 is 0. The van der Waals surface area contributed by atoms with E-state index in [1.165, 1.54) is 7.11 Å². The minimum Gasteiger partial charge on any atom is -0.453 e. The highest BCUT2D eigenvalue weighted by Crippen LogP contribution is 2.07. The summed E-state index contributed by atoms with van der Waals surface area (Å²) < 4.78 is 6.18. The third-order valence-corrected chi connectivity index (χ3v) is 1.55. The van der Waals surface area contributed by atoms with Crippen LogP contribution < -0.4 is 5.32 Å². The number of hydrogen-bond acceptors (Lipinski definition) is 3. The molecule has 0 bridgehead atoms. The Labute approximate surface area is 76.7 Å². The first kappa shape index (κ1) is 9.57. The predicted molar refractivity (Wildman–Crippen MR) is 48.6 cm³/mol. The van der Waals surface area contributed by atoms with Crippen LogP contribution in [-0.4, -0.2) is 23.0 Å². The van der Waals surface area contributed by atoms with Crippen LogP contribution in [-0.2, 0) is 4.74 Å². The number of anilines is 1. The number of ether oxygens (including phenoxy) is 1. The molecule has 0 radical (unpaired) electrons. The van der Waals surface area contributed by atoms with Gasteiger partial charge >= 0.3 is 6.09 Å². The van der Waals surface area contributed by atoms with Gasteiger partial charge < -0.3 is 4.74 Å². The molecule has 0 saturated heterocycles. The fraction of sp³-hybridized carbons (Fsp3) is 0.500. The van der Waals surface area contributed by atoms with Gasteiger partial charge in [0.05, 0.1) is 7.11 Å². The molecule has 1 amide bonds. The van der Waals surface area contributed by atoms with Gasteiger partial charge in [0.15, 0.2) is 5.82 Å². The molecule has 13 heavy (non-hydrogen) atoms. The van der Waals surface area contributed by atoms with Crippen LogP contribution in [0.2, 0.25) is 0 Å². The average molecular weight is 183 g/mol. The second kappa shape index (κ2) is 3.93. The van der Waals surface area contributed by atoms with Crippen LogP contribution in [0.4, 0.5) is 10.6 Å². The normalized spacial score (nSPS) is 10.2. The fourth-order valence-corrected chi connectivity index (χ4v) is 0.848. The zero-order valence-electron chi connectivity index (χ0n) is 7.94. The SMILES string of the molecule is COC(=O)Nc1ccn(C(C)C)n1. The van der Waals surface area contributed by atoms with Gasteiger partial charge in [-0.3, -0.25) is 10.00 Å². The number of amides is 1. The van der Waals surface area contributed by atoms with Gasteiger partial charge in [-0.05, 0) is 13.8 Å². The molecule has 0 saturated carbocycles. The Morgan fingerprint density at radius 1 is 1.69 bits per heavy atom. The third kappa shape index (κ3) is 2.47. The van der Waals surface area contributed by atoms with Gasteiger partial charge in [0, 0.05) is 18.3 Å². The highest BCUT2D eigenvalue weighted by molar-refractivity contribution is 5.82. The van der Waals surface area contributed by atoms with Crippen molar-refractivity contribution in [3.05, 3.63) is 12.3 Å². The summed E-state index contributed by atoms with van der Waals surface area (Å²) in [6.45, 7) is 4.02. The van der Waals surface area contributed by atoms with Crippen molar-refractivity contribution < 1.29 is 9.53 Å². The van der Waals surface area contributed by atoms with Crippen LogP contribution in [0.25, 0.3) is 0 Å². The van der Waals surface area contributed by atoms with Crippen LogP contribution in [0, 0.1) is 0 Å². The molecule has 0 aliphatic rings. The Morgan fingerprint density at radius 2 is 2.38 bits per heavy atom. The van der Waals surface area contributed by atoms with E-state index >= 15 is 0 Å². The summed E-state index contributed by atoms with van der Waals surface area (Å²) in [5, 5.41) is 6.58. The number of hydrogen-bond donors (Lipinski definition) is 1. The van der Waals surface area contributed by atoms with Crippen molar-refractivity contribution in [1.82, 2.24) is 9.78 Å².